The van der Waals surface area contributed by atoms with Gasteiger partial charge in [0, 0.05) is 12.8 Å². The fraction of sp³-hybridized carbons (Fsp3) is 0.240. The number of esters is 1. The van der Waals surface area contributed by atoms with E-state index in [0.29, 0.717) is 23.5 Å². The number of hydrogen-bond donors (Lipinski definition) is 0. The van der Waals surface area contributed by atoms with Crippen molar-refractivity contribution in [3.8, 4) is 16.9 Å². The van der Waals surface area contributed by atoms with Crippen molar-refractivity contribution in [3.05, 3.63) is 89.5 Å². The molecule has 2 atom stereocenters. The molecule has 2 aliphatic rings. The van der Waals surface area contributed by atoms with E-state index in [2.05, 4.69) is 24.3 Å². The molecule has 2 saturated heterocycles. The van der Waals surface area contributed by atoms with E-state index >= 15 is 0 Å². The third-order valence-electron chi connectivity index (χ3n) is 5.27. The molecule has 0 radical (unpaired) electrons. The number of benzene rings is 3. The summed E-state index contributed by atoms with van der Waals surface area (Å²) in [6, 6.07) is 23.7. The highest BCUT2D eigenvalue weighted by Gasteiger charge is 2.23. The lowest BCUT2D eigenvalue weighted by atomic mass is 10.0. The maximum Gasteiger partial charge on any atom is 0.343 e. The Bertz CT molecular complexity index is 983. The third kappa shape index (κ3) is 4.73. The minimum absolute atomic E-state index is 0.342. The van der Waals surface area contributed by atoms with Gasteiger partial charge >= 0.3 is 5.97 Å². The van der Waals surface area contributed by atoms with Gasteiger partial charge < -0.3 is 14.2 Å². The van der Waals surface area contributed by atoms with Crippen molar-refractivity contribution in [3.63, 3.8) is 0 Å². The van der Waals surface area contributed by atoms with Crippen LogP contribution in [0.2, 0.25) is 0 Å². The molecule has 3 aromatic rings. The molecule has 2 heterocycles. The molecule has 3 aromatic carbocycles. The molecule has 0 spiro atoms. The summed E-state index contributed by atoms with van der Waals surface area (Å²) in [5.74, 6) is 0.190. The Labute approximate surface area is 170 Å². The fourth-order valence-corrected chi connectivity index (χ4v) is 3.39. The van der Waals surface area contributed by atoms with E-state index in [4.69, 9.17) is 14.2 Å². The molecule has 4 nitrogen and oxygen atoms in total. The number of epoxide rings is 2. The molecule has 2 fully saturated rings. The van der Waals surface area contributed by atoms with Gasteiger partial charge in [0.15, 0.2) is 0 Å². The van der Waals surface area contributed by atoms with Gasteiger partial charge in [0.05, 0.1) is 31.0 Å². The van der Waals surface area contributed by atoms with E-state index in [1.807, 2.05) is 48.5 Å². The van der Waals surface area contributed by atoms with Crippen LogP contribution in [0.4, 0.5) is 0 Å². The highest BCUT2D eigenvalue weighted by molar-refractivity contribution is 5.91. The van der Waals surface area contributed by atoms with Crippen LogP contribution in [0.3, 0.4) is 0 Å². The second-order valence-corrected chi connectivity index (χ2v) is 7.63. The van der Waals surface area contributed by atoms with E-state index in [1.54, 1.807) is 0 Å². The average Bonchev–Trinajstić information content (AvgIpc) is 3.67. The van der Waals surface area contributed by atoms with Crippen molar-refractivity contribution in [1.29, 1.82) is 0 Å². The van der Waals surface area contributed by atoms with Crippen LogP contribution in [-0.4, -0.2) is 31.4 Å². The van der Waals surface area contributed by atoms with Crippen molar-refractivity contribution in [2.24, 2.45) is 0 Å². The first-order chi connectivity index (χ1) is 14.2. The summed E-state index contributed by atoms with van der Waals surface area (Å²) in [6.45, 7) is 1.71. The second-order valence-electron chi connectivity index (χ2n) is 7.63. The summed E-state index contributed by atoms with van der Waals surface area (Å²) < 4.78 is 16.0. The molecule has 2 aliphatic heterocycles. The topological polar surface area (TPSA) is 51.4 Å². The Hall–Kier alpha value is -2.95. The largest absolute Gasteiger partial charge is 0.423 e. The minimum Gasteiger partial charge on any atom is -0.423 e. The lowest BCUT2D eigenvalue weighted by Crippen LogP contribution is -2.08. The van der Waals surface area contributed by atoms with Gasteiger partial charge in [0.1, 0.15) is 5.75 Å². The lowest BCUT2D eigenvalue weighted by Gasteiger charge is -2.07. The standard InChI is InChI=1S/C25H22O4/c26-25(21-7-3-18(4-8-21)14-24-16-28-24)29-22-11-9-20(10-12-22)19-5-1-17(2-6-19)13-23-15-27-23/h1-12,23-24H,13-16H2. The van der Waals surface area contributed by atoms with Crippen LogP contribution in [0.1, 0.15) is 21.5 Å². The molecule has 0 N–H and O–H groups in total. The highest BCUT2D eigenvalue weighted by atomic mass is 16.6. The normalized spacial score (nSPS) is 19.6. The van der Waals surface area contributed by atoms with Crippen LogP contribution in [-0.2, 0) is 22.3 Å². The number of hydrogen-bond acceptors (Lipinski definition) is 4. The Morgan fingerprint density at radius 3 is 1.66 bits per heavy atom. The van der Waals surface area contributed by atoms with Crippen LogP contribution < -0.4 is 4.74 Å². The highest BCUT2D eigenvalue weighted by Crippen LogP contribution is 2.25. The molecule has 2 unspecified atom stereocenters. The molecule has 29 heavy (non-hydrogen) atoms. The summed E-state index contributed by atoms with van der Waals surface area (Å²) in [7, 11) is 0. The van der Waals surface area contributed by atoms with Gasteiger partial charge in [0.2, 0.25) is 0 Å². The van der Waals surface area contributed by atoms with Gasteiger partial charge in [-0.3, -0.25) is 0 Å². The zero-order valence-electron chi connectivity index (χ0n) is 16.0. The molecule has 0 aliphatic carbocycles. The van der Waals surface area contributed by atoms with Gasteiger partial charge in [-0.2, -0.15) is 0 Å². The van der Waals surface area contributed by atoms with Gasteiger partial charge in [-0.1, -0.05) is 48.5 Å². The predicted octanol–water partition coefficient (Wildman–Crippen LogP) is 4.46. The van der Waals surface area contributed by atoms with E-state index in [9.17, 15) is 4.79 Å². The van der Waals surface area contributed by atoms with Crippen LogP contribution in [0.5, 0.6) is 5.75 Å². The fourth-order valence-electron chi connectivity index (χ4n) is 3.39. The van der Waals surface area contributed by atoms with Crippen molar-refractivity contribution < 1.29 is 19.0 Å². The summed E-state index contributed by atoms with van der Waals surface area (Å²) in [5.41, 5.74) is 5.23. The van der Waals surface area contributed by atoms with Crippen LogP contribution in [0, 0.1) is 0 Å². The Morgan fingerprint density at radius 1 is 0.724 bits per heavy atom. The predicted molar refractivity (Wildman–Crippen MR) is 110 cm³/mol. The van der Waals surface area contributed by atoms with Gasteiger partial charge in [-0.25, -0.2) is 4.79 Å². The van der Waals surface area contributed by atoms with E-state index in [1.165, 1.54) is 11.1 Å². The van der Waals surface area contributed by atoms with Crippen molar-refractivity contribution in [2.75, 3.05) is 13.2 Å². The summed E-state index contributed by atoms with van der Waals surface area (Å²) in [5, 5.41) is 0. The first kappa shape index (κ1) is 18.1. The smallest absolute Gasteiger partial charge is 0.343 e. The zero-order chi connectivity index (χ0) is 19.6. The first-order valence-electron chi connectivity index (χ1n) is 9.97. The molecular formula is C25H22O4. The van der Waals surface area contributed by atoms with Crippen LogP contribution in [0.15, 0.2) is 72.8 Å². The summed E-state index contributed by atoms with van der Waals surface area (Å²) in [6.07, 6.45) is 2.62. The summed E-state index contributed by atoms with van der Waals surface area (Å²) >= 11 is 0. The monoisotopic (exact) mass is 386 g/mol. The van der Waals surface area contributed by atoms with Crippen molar-refractivity contribution in [2.45, 2.75) is 25.0 Å². The zero-order valence-corrected chi connectivity index (χ0v) is 16.0. The van der Waals surface area contributed by atoms with E-state index in [-0.39, 0.29) is 5.97 Å². The molecule has 5 rings (SSSR count). The number of carbonyl (C=O) groups excluding carboxylic acids is 1. The molecule has 4 heteroatoms. The Morgan fingerprint density at radius 2 is 1.17 bits per heavy atom. The Balaban J connectivity index is 1.20. The maximum atomic E-state index is 12.4. The van der Waals surface area contributed by atoms with Crippen LogP contribution >= 0.6 is 0 Å². The van der Waals surface area contributed by atoms with Gasteiger partial charge in [0.25, 0.3) is 0 Å². The van der Waals surface area contributed by atoms with E-state index in [0.717, 1.165) is 37.2 Å². The minimum atomic E-state index is -0.349. The molecule has 0 bridgehead atoms. The first-order valence-corrected chi connectivity index (χ1v) is 9.97. The number of ether oxygens (including phenoxy) is 3. The quantitative estimate of drug-likeness (QED) is 0.342. The molecular weight excluding hydrogens is 364 g/mol. The lowest BCUT2D eigenvalue weighted by molar-refractivity contribution is 0.0735. The van der Waals surface area contributed by atoms with Crippen molar-refractivity contribution >= 4 is 5.97 Å². The van der Waals surface area contributed by atoms with E-state index < -0.39 is 0 Å². The molecule has 0 amide bonds. The summed E-state index contributed by atoms with van der Waals surface area (Å²) in [4.78, 5) is 12.4. The van der Waals surface area contributed by atoms with Gasteiger partial charge in [-0.15, -0.1) is 0 Å². The molecule has 0 saturated carbocycles. The Kier molecular flexibility index (Phi) is 4.88. The number of carbonyl (C=O) groups is 1. The SMILES string of the molecule is O=C(Oc1ccc(-c2ccc(CC3CO3)cc2)cc1)c1ccc(CC2CO2)cc1. The van der Waals surface area contributed by atoms with Crippen LogP contribution in [0.25, 0.3) is 11.1 Å². The second kappa shape index (κ2) is 7.82. The molecule has 0 aromatic heterocycles. The van der Waals surface area contributed by atoms with Gasteiger partial charge in [-0.05, 0) is 46.5 Å². The maximum absolute atomic E-state index is 12.4. The number of rotatable bonds is 7. The van der Waals surface area contributed by atoms with Crippen molar-refractivity contribution in [1.82, 2.24) is 0 Å². The molecule has 146 valence electrons. The third-order valence-corrected chi connectivity index (χ3v) is 5.27. The average molecular weight is 386 g/mol.